The van der Waals surface area contributed by atoms with Crippen LogP contribution in [0.4, 0.5) is 5.82 Å². The van der Waals surface area contributed by atoms with Crippen molar-refractivity contribution in [3.05, 3.63) is 23.9 Å². The highest BCUT2D eigenvalue weighted by Gasteiger charge is 2.23. The molecule has 0 aromatic carbocycles. The highest BCUT2D eigenvalue weighted by molar-refractivity contribution is 5.40. The van der Waals surface area contributed by atoms with Crippen molar-refractivity contribution < 1.29 is 0 Å². The minimum Gasteiger partial charge on any atom is -0.354 e. The van der Waals surface area contributed by atoms with Gasteiger partial charge in [0, 0.05) is 38.4 Å². The molecule has 18 heavy (non-hydrogen) atoms. The van der Waals surface area contributed by atoms with Crippen molar-refractivity contribution in [2.24, 2.45) is 0 Å². The van der Waals surface area contributed by atoms with Crippen LogP contribution < -0.4 is 10.2 Å². The molecule has 0 amide bonds. The van der Waals surface area contributed by atoms with Crippen LogP contribution in [0, 0.1) is 0 Å². The number of rotatable bonds is 2. The van der Waals surface area contributed by atoms with Crippen molar-refractivity contribution in [1.29, 1.82) is 0 Å². The van der Waals surface area contributed by atoms with Gasteiger partial charge in [-0.2, -0.15) is 0 Å². The second kappa shape index (κ2) is 5.24. The fourth-order valence-electron chi connectivity index (χ4n) is 3.01. The van der Waals surface area contributed by atoms with Crippen LogP contribution in [0.15, 0.2) is 18.3 Å². The number of piperazine rings is 1. The molecular weight excluding hydrogens is 224 g/mol. The molecule has 2 fully saturated rings. The van der Waals surface area contributed by atoms with Gasteiger partial charge in [-0.15, -0.1) is 0 Å². The van der Waals surface area contributed by atoms with E-state index in [0.29, 0.717) is 6.04 Å². The van der Waals surface area contributed by atoms with E-state index < -0.39 is 0 Å². The summed E-state index contributed by atoms with van der Waals surface area (Å²) in [5, 5.41) is 3.37. The molecule has 0 unspecified atom stereocenters. The summed E-state index contributed by atoms with van der Waals surface area (Å²) < 4.78 is 0. The van der Waals surface area contributed by atoms with Crippen LogP contribution in [-0.4, -0.2) is 49.7 Å². The zero-order valence-corrected chi connectivity index (χ0v) is 11.1. The minimum absolute atomic E-state index is 0.578. The predicted octanol–water partition coefficient (Wildman–Crippen LogP) is 1.26. The Morgan fingerprint density at radius 1 is 1.22 bits per heavy atom. The Kier molecular flexibility index (Phi) is 3.48. The van der Waals surface area contributed by atoms with Crippen molar-refractivity contribution in [3.8, 4) is 0 Å². The summed E-state index contributed by atoms with van der Waals surface area (Å²) in [6, 6.07) is 5.03. The maximum absolute atomic E-state index is 4.65. The van der Waals surface area contributed by atoms with Gasteiger partial charge in [0.2, 0.25) is 0 Å². The highest BCUT2D eigenvalue weighted by atomic mass is 15.2. The third-order valence-electron chi connectivity index (χ3n) is 4.12. The Labute approximate surface area is 109 Å². The second-order valence-corrected chi connectivity index (χ2v) is 5.33. The lowest BCUT2D eigenvalue weighted by molar-refractivity contribution is 0.317. The van der Waals surface area contributed by atoms with Gasteiger partial charge in [0.1, 0.15) is 5.82 Å². The van der Waals surface area contributed by atoms with E-state index >= 15 is 0 Å². The second-order valence-electron chi connectivity index (χ2n) is 5.33. The fourth-order valence-corrected chi connectivity index (χ4v) is 3.01. The van der Waals surface area contributed by atoms with Crippen LogP contribution in [0.25, 0.3) is 0 Å². The zero-order chi connectivity index (χ0) is 12.4. The Hall–Kier alpha value is -1.13. The van der Waals surface area contributed by atoms with Crippen LogP contribution in [0.5, 0.6) is 0 Å². The molecule has 98 valence electrons. The number of aromatic nitrogens is 1. The van der Waals surface area contributed by atoms with E-state index in [-0.39, 0.29) is 0 Å². The molecule has 1 N–H and O–H groups in total. The normalized spacial score (nSPS) is 25.6. The average molecular weight is 246 g/mol. The minimum atomic E-state index is 0.578. The number of nitrogens with one attached hydrogen (secondary N) is 1. The van der Waals surface area contributed by atoms with Gasteiger partial charge in [0.15, 0.2) is 0 Å². The van der Waals surface area contributed by atoms with Crippen LogP contribution in [0.3, 0.4) is 0 Å². The van der Waals surface area contributed by atoms with Gasteiger partial charge in [-0.25, -0.2) is 4.98 Å². The van der Waals surface area contributed by atoms with Gasteiger partial charge >= 0.3 is 0 Å². The van der Waals surface area contributed by atoms with E-state index in [9.17, 15) is 0 Å². The van der Waals surface area contributed by atoms with Crippen molar-refractivity contribution in [2.45, 2.75) is 18.9 Å². The first kappa shape index (κ1) is 11.9. The van der Waals surface area contributed by atoms with Crippen molar-refractivity contribution in [3.63, 3.8) is 0 Å². The highest BCUT2D eigenvalue weighted by Crippen LogP contribution is 2.30. The molecule has 0 aliphatic carbocycles. The first-order valence-electron chi connectivity index (χ1n) is 6.96. The third-order valence-corrected chi connectivity index (χ3v) is 4.12. The number of likely N-dealkylation sites (tertiary alicyclic amines) is 1. The Bertz CT molecular complexity index is 383. The molecule has 3 heterocycles. The fraction of sp³-hybridized carbons (Fsp3) is 0.643. The Morgan fingerprint density at radius 3 is 2.67 bits per heavy atom. The SMILES string of the molecule is CN1CCC[C@@H]1c1ccc(N2CCNCC2)nc1. The van der Waals surface area contributed by atoms with Crippen molar-refractivity contribution >= 4 is 5.82 Å². The van der Waals surface area contributed by atoms with Crippen LogP contribution in [0.1, 0.15) is 24.4 Å². The molecule has 2 aliphatic rings. The van der Waals surface area contributed by atoms with Crippen LogP contribution in [-0.2, 0) is 0 Å². The Balaban J connectivity index is 1.72. The summed E-state index contributed by atoms with van der Waals surface area (Å²) in [6.45, 7) is 5.47. The molecule has 2 saturated heterocycles. The lowest BCUT2D eigenvalue weighted by Crippen LogP contribution is -2.43. The lowest BCUT2D eigenvalue weighted by Gasteiger charge is -2.28. The number of hydrogen-bond donors (Lipinski definition) is 1. The lowest BCUT2D eigenvalue weighted by atomic mass is 10.1. The average Bonchev–Trinajstić information content (AvgIpc) is 2.86. The van der Waals surface area contributed by atoms with E-state index in [2.05, 4.69) is 45.5 Å². The maximum Gasteiger partial charge on any atom is 0.128 e. The molecule has 3 rings (SSSR count). The number of anilines is 1. The van der Waals surface area contributed by atoms with Gasteiger partial charge in [-0.1, -0.05) is 6.07 Å². The first-order chi connectivity index (χ1) is 8.84. The van der Waals surface area contributed by atoms with E-state index in [1.807, 2.05) is 0 Å². The number of pyridine rings is 1. The quantitative estimate of drug-likeness (QED) is 0.851. The molecule has 0 saturated carbocycles. The summed E-state index contributed by atoms with van der Waals surface area (Å²) in [4.78, 5) is 9.44. The summed E-state index contributed by atoms with van der Waals surface area (Å²) in [7, 11) is 2.21. The van der Waals surface area contributed by atoms with Gasteiger partial charge in [0.05, 0.1) is 0 Å². The number of hydrogen-bond acceptors (Lipinski definition) is 4. The van der Waals surface area contributed by atoms with E-state index in [1.54, 1.807) is 0 Å². The van der Waals surface area contributed by atoms with Gasteiger partial charge in [-0.3, -0.25) is 4.90 Å². The summed E-state index contributed by atoms with van der Waals surface area (Å²) in [6.07, 6.45) is 4.65. The van der Waals surface area contributed by atoms with Crippen LogP contribution in [0.2, 0.25) is 0 Å². The van der Waals surface area contributed by atoms with E-state index in [4.69, 9.17) is 0 Å². The molecular formula is C14H22N4. The van der Waals surface area contributed by atoms with Crippen molar-refractivity contribution in [1.82, 2.24) is 15.2 Å². The van der Waals surface area contributed by atoms with E-state index in [0.717, 1.165) is 32.0 Å². The Morgan fingerprint density at radius 2 is 2.06 bits per heavy atom. The summed E-state index contributed by atoms with van der Waals surface area (Å²) in [5.74, 6) is 1.13. The van der Waals surface area contributed by atoms with E-state index in [1.165, 1.54) is 24.9 Å². The summed E-state index contributed by atoms with van der Waals surface area (Å²) >= 11 is 0. The van der Waals surface area contributed by atoms with Crippen LogP contribution >= 0.6 is 0 Å². The molecule has 1 aromatic heterocycles. The maximum atomic E-state index is 4.65. The van der Waals surface area contributed by atoms with Gasteiger partial charge in [-0.05, 0) is 38.1 Å². The third kappa shape index (κ3) is 2.35. The topological polar surface area (TPSA) is 31.4 Å². The molecule has 0 spiro atoms. The zero-order valence-electron chi connectivity index (χ0n) is 11.1. The molecule has 2 aliphatic heterocycles. The molecule has 4 heteroatoms. The predicted molar refractivity (Wildman–Crippen MR) is 73.9 cm³/mol. The standard InChI is InChI=1S/C14H22N4/c1-17-8-2-3-13(17)12-4-5-14(16-11-12)18-9-6-15-7-10-18/h4-5,11,13,15H,2-3,6-10H2,1H3/t13-/m1/s1. The molecule has 0 bridgehead atoms. The molecule has 1 atom stereocenters. The first-order valence-corrected chi connectivity index (χ1v) is 6.96. The molecule has 4 nitrogen and oxygen atoms in total. The van der Waals surface area contributed by atoms with Crippen molar-refractivity contribution in [2.75, 3.05) is 44.7 Å². The molecule has 1 aromatic rings. The monoisotopic (exact) mass is 246 g/mol. The van der Waals surface area contributed by atoms with Gasteiger partial charge < -0.3 is 10.2 Å². The smallest absolute Gasteiger partial charge is 0.128 e. The largest absolute Gasteiger partial charge is 0.354 e. The molecule has 0 radical (unpaired) electrons. The van der Waals surface area contributed by atoms with Gasteiger partial charge in [0.25, 0.3) is 0 Å². The number of nitrogens with zero attached hydrogens (tertiary/aromatic N) is 3. The summed E-state index contributed by atoms with van der Waals surface area (Å²) in [5.41, 5.74) is 1.37.